The zero-order valence-electron chi connectivity index (χ0n) is 27.3. The van der Waals surface area contributed by atoms with Gasteiger partial charge in [0.25, 0.3) is 0 Å². The van der Waals surface area contributed by atoms with Crippen molar-refractivity contribution in [3.63, 3.8) is 0 Å². The first-order valence-electron chi connectivity index (χ1n) is 16.8. The molecule has 6 rings (SSSR count). The third-order valence-electron chi connectivity index (χ3n) is 14.3. The molecule has 1 N–H and O–H groups in total. The van der Waals surface area contributed by atoms with Gasteiger partial charge in [-0.3, -0.25) is 9.59 Å². The molecule has 10 atom stereocenters. The predicted octanol–water partition coefficient (Wildman–Crippen LogP) is 9.54. The van der Waals surface area contributed by atoms with E-state index in [0.717, 1.165) is 56.1 Å². The molecule has 232 valence electrons. The fraction of sp³-hybridized carbons (Fsp3) is 0.641. The van der Waals surface area contributed by atoms with Crippen LogP contribution in [0.2, 0.25) is 0 Å². The molecule has 1 aromatic carbocycles. The van der Waals surface area contributed by atoms with Crippen molar-refractivity contribution in [1.29, 1.82) is 0 Å². The minimum atomic E-state index is -0.604. The van der Waals surface area contributed by atoms with E-state index in [1.807, 2.05) is 18.2 Å². The second-order valence-corrected chi connectivity index (χ2v) is 16.4. The molecule has 43 heavy (non-hydrogen) atoms. The van der Waals surface area contributed by atoms with Crippen LogP contribution in [0.4, 0.5) is 4.39 Å². The van der Waals surface area contributed by atoms with Gasteiger partial charge >= 0.3 is 5.97 Å². The summed E-state index contributed by atoms with van der Waals surface area (Å²) < 4.78 is 13.4. The van der Waals surface area contributed by atoms with Crippen molar-refractivity contribution in [2.75, 3.05) is 0 Å². The molecule has 0 bridgehead atoms. The summed E-state index contributed by atoms with van der Waals surface area (Å²) in [4.78, 5) is 26.4. The van der Waals surface area contributed by atoms with Gasteiger partial charge in [-0.2, -0.15) is 0 Å². The van der Waals surface area contributed by atoms with E-state index in [1.165, 1.54) is 12.1 Å². The van der Waals surface area contributed by atoms with Crippen molar-refractivity contribution in [2.45, 2.75) is 93.4 Å². The second kappa shape index (κ2) is 10.3. The lowest BCUT2D eigenvalue weighted by Crippen LogP contribution is -2.64. The Morgan fingerprint density at radius 3 is 2.37 bits per heavy atom. The summed E-state index contributed by atoms with van der Waals surface area (Å²) in [7, 11) is 0. The van der Waals surface area contributed by atoms with E-state index >= 15 is 0 Å². The highest BCUT2D eigenvalue weighted by molar-refractivity contribution is 6.01. The molecule has 4 heteroatoms. The number of halogens is 1. The zero-order chi connectivity index (χ0) is 31.1. The molecule has 5 aliphatic rings. The molecule has 0 radical (unpaired) electrons. The molecular weight excluding hydrogens is 535 g/mol. The topological polar surface area (TPSA) is 54.4 Å². The molecule has 0 saturated heterocycles. The molecule has 1 aromatic rings. The first-order chi connectivity index (χ1) is 20.1. The summed E-state index contributed by atoms with van der Waals surface area (Å²) in [5.41, 5.74) is 3.08. The van der Waals surface area contributed by atoms with Crippen molar-refractivity contribution in [1.82, 2.24) is 0 Å². The highest BCUT2D eigenvalue weighted by atomic mass is 19.1. The molecule has 0 aromatic heterocycles. The number of ketones is 1. The normalized spacial score (nSPS) is 44.7. The van der Waals surface area contributed by atoms with Crippen LogP contribution in [0.1, 0.15) is 99.0 Å². The average molecular weight is 587 g/mol. The van der Waals surface area contributed by atoms with Crippen LogP contribution in [-0.4, -0.2) is 16.9 Å². The summed E-state index contributed by atoms with van der Waals surface area (Å²) in [5.74, 6) is 1.45. The Labute approximate surface area is 258 Å². The number of rotatable bonds is 3. The van der Waals surface area contributed by atoms with Crippen molar-refractivity contribution < 1.29 is 19.1 Å². The van der Waals surface area contributed by atoms with E-state index in [0.29, 0.717) is 29.6 Å². The molecule has 0 aliphatic heterocycles. The highest BCUT2D eigenvalue weighted by Gasteiger charge is 2.68. The van der Waals surface area contributed by atoms with Gasteiger partial charge in [-0.15, -0.1) is 0 Å². The number of carbonyl (C=O) groups excluding carboxylic acids is 1. The number of hydrogen-bond acceptors (Lipinski definition) is 2. The molecule has 4 unspecified atom stereocenters. The molecule has 3 nitrogen and oxygen atoms in total. The number of aliphatic carboxylic acids is 1. The van der Waals surface area contributed by atoms with Gasteiger partial charge < -0.3 is 5.11 Å². The summed E-state index contributed by atoms with van der Waals surface area (Å²) in [6.07, 6.45) is 15.4. The van der Waals surface area contributed by atoms with Crippen LogP contribution in [0.15, 0.2) is 53.6 Å². The van der Waals surface area contributed by atoms with Crippen LogP contribution in [0.25, 0.3) is 6.08 Å². The summed E-state index contributed by atoms with van der Waals surface area (Å²) in [5, 5.41) is 10.2. The lowest BCUT2D eigenvalue weighted by Gasteiger charge is -2.70. The fourth-order valence-electron chi connectivity index (χ4n) is 11.7. The van der Waals surface area contributed by atoms with Crippen LogP contribution >= 0.6 is 0 Å². The smallest absolute Gasteiger partial charge is 0.306 e. The van der Waals surface area contributed by atoms with Crippen molar-refractivity contribution in [3.05, 3.63) is 65.0 Å². The van der Waals surface area contributed by atoms with Crippen molar-refractivity contribution >= 4 is 17.8 Å². The number of carboxylic acids is 1. The van der Waals surface area contributed by atoms with E-state index < -0.39 is 11.4 Å². The fourth-order valence-corrected chi connectivity index (χ4v) is 11.7. The predicted molar refractivity (Wildman–Crippen MR) is 170 cm³/mol. The number of benzene rings is 1. The number of hydrogen-bond donors (Lipinski definition) is 1. The van der Waals surface area contributed by atoms with Gasteiger partial charge in [0, 0.05) is 5.41 Å². The van der Waals surface area contributed by atoms with E-state index in [1.54, 1.807) is 17.7 Å². The van der Waals surface area contributed by atoms with Gasteiger partial charge in [0.05, 0.1) is 5.92 Å². The van der Waals surface area contributed by atoms with Gasteiger partial charge in [-0.05, 0) is 120 Å². The van der Waals surface area contributed by atoms with Gasteiger partial charge in [-0.1, -0.05) is 90.5 Å². The Hall–Kier alpha value is -2.49. The van der Waals surface area contributed by atoms with Gasteiger partial charge in [-0.25, -0.2) is 4.39 Å². The quantitative estimate of drug-likeness (QED) is 0.283. The van der Waals surface area contributed by atoms with Crippen LogP contribution in [0, 0.1) is 68.9 Å². The van der Waals surface area contributed by atoms with Gasteiger partial charge in [0.1, 0.15) is 5.82 Å². The van der Waals surface area contributed by atoms with E-state index in [4.69, 9.17) is 0 Å². The average Bonchev–Trinajstić information content (AvgIpc) is 2.94. The monoisotopic (exact) mass is 586 g/mol. The number of carbonyl (C=O) groups is 2. The Morgan fingerprint density at radius 2 is 1.70 bits per heavy atom. The Morgan fingerprint density at radius 1 is 1.00 bits per heavy atom. The molecule has 5 aliphatic carbocycles. The third-order valence-corrected chi connectivity index (χ3v) is 14.3. The molecule has 0 heterocycles. The van der Waals surface area contributed by atoms with E-state index in [2.05, 4.69) is 54.5 Å². The summed E-state index contributed by atoms with van der Waals surface area (Å²) in [6.45, 7) is 16.5. The Kier molecular flexibility index (Phi) is 7.30. The minimum Gasteiger partial charge on any atom is -0.481 e. The van der Waals surface area contributed by atoms with Gasteiger partial charge in [0.2, 0.25) is 0 Å². The van der Waals surface area contributed by atoms with Crippen LogP contribution in [0.3, 0.4) is 0 Å². The van der Waals surface area contributed by atoms with Crippen LogP contribution in [-0.2, 0) is 9.59 Å². The summed E-state index contributed by atoms with van der Waals surface area (Å²) in [6, 6.07) is 6.45. The number of carboxylic acid groups (broad SMARTS) is 1. The van der Waals surface area contributed by atoms with Crippen molar-refractivity contribution in [3.8, 4) is 0 Å². The third kappa shape index (κ3) is 4.39. The van der Waals surface area contributed by atoms with Crippen LogP contribution < -0.4 is 0 Å². The highest BCUT2D eigenvalue weighted by Crippen LogP contribution is 2.74. The minimum absolute atomic E-state index is 0.0169. The van der Waals surface area contributed by atoms with Gasteiger partial charge in [0.15, 0.2) is 5.78 Å². The molecular formula is C39H51FO3. The number of Topliss-reactive ketones (excluding diaryl/α,β-unsaturated/α-hetero) is 1. The van der Waals surface area contributed by atoms with E-state index in [-0.39, 0.29) is 39.7 Å². The number of fused-ring (bicyclic) bond motifs is 7. The molecule has 4 fully saturated rings. The maximum Gasteiger partial charge on any atom is 0.306 e. The molecule has 0 spiro atoms. The Bertz CT molecular complexity index is 1400. The maximum absolute atomic E-state index is 14.0. The lowest BCUT2D eigenvalue weighted by molar-refractivity contribution is -0.177. The lowest BCUT2D eigenvalue weighted by atomic mass is 9.34. The largest absolute Gasteiger partial charge is 0.481 e. The van der Waals surface area contributed by atoms with E-state index in [9.17, 15) is 19.1 Å². The maximum atomic E-state index is 14.0. The first-order valence-corrected chi connectivity index (χ1v) is 16.8. The van der Waals surface area contributed by atoms with Crippen molar-refractivity contribution in [2.24, 2.45) is 63.1 Å². The SMILES string of the molecule is C[C@@H]1C[C@@H](C(=O)O)C2CC[C@]3(C)C(=CCC4[C@@]5(C)C/C(=C/C=C/c6ccc(F)cc6)C(=O)C(C)(C)C5CC[C@]43C)C2[C@H]1C. The second-order valence-electron chi connectivity index (χ2n) is 16.4. The molecule has 4 saturated carbocycles. The standard InChI is InChI=1S/C39H51FO3/c1-23-21-29(35(42)43)28-17-19-38(6)30(33(28)24(23)2)15-16-32-37(5)22-26(10-8-9-25-11-13-27(40)14-12-25)34(41)36(3,4)31(37)18-20-39(32,38)7/h8-15,23-24,28-29,31-33H,16-22H2,1-7H3,(H,42,43)/b9-8+,26-10-/t23-,24+,28?,29-,31?,32?,33?,37+,38-,39-/m1/s1. The number of allylic oxidation sites excluding steroid dienone is 5. The molecule has 0 amide bonds. The zero-order valence-corrected chi connectivity index (χ0v) is 27.3. The first kappa shape index (κ1) is 30.5. The van der Waals surface area contributed by atoms with Crippen LogP contribution in [0.5, 0.6) is 0 Å². The summed E-state index contributed by atoms with van der Waals surface area (Å²) >= 11 is 0. The Balaban J connectivity index is 1.37.